The molecule has 0 radical (unpaired) electrons. The average molecular weight is 231 g/mol. The Kier molecular flexibility index (Phi) is 2.95. The summed E-state index contributed by atoms with van der Waals surface area (Å²) in [5, 5.41) is 9.76. The molecule has 1 aliphatic heterocycles. The summed E-state index contributed by atoms with van der Waals surface area (Å²) in [5.74, 6) is 0.233. The van der Waals surface area contributed by atoms with Crippen LogP contribution in [0.15, 0.2) is 12.1 Å². The van der Waals surface area contributed by atoms with Crippen molar-refractivity contribution in [2.24, 2.45) is 0 Å². The Balaban J connectivity index is 2.12. The van der Waals surface area contributed by atoms with E-state index in [1.54, 1.807) is 12.1 Å². The molecule has 0 amide bonds. The summed E-state index contributed by atoms with van der Waals surface area (Å²) in [4.78, 5) is 3.92. The van der Waals surface area contributed by atoms with Gasteiger partial charge in [0.25, 0.3) is 0 Å². The van der Waals surface area contributed by atoms with Crippen molar-refractivity contribution in [1.29, 1.82) is 0 Å². The van der Waals surface area contributed by atoms with Crippen molar-refractivity contribution < 1.29 is 14.6 Å². The zero-order chi connectivity index (χ0) is 10.8. The zero-order valence-electron chi connectivity index (χ0n) is 7.89. The Bertz CT molecular complexity index is 361. The van der Waals surface area contributed by atoms with Gasteiger partial charge in [-0.3, -0.25) is 0 Å². The molecule has 0 aromatic carbocycles. The summed E-state index contributed by atoms with van der Waals surface area (Å²) in [7, 11) is 0. The second kappa shape index (κ2) is 4.22. The predicted octanol–water partition coefficient (Wildman–Crippen LogP) is 0.456. The summed E-state index contributed by atoms with van der Waals surface area (Å²) in [6.07, 6.45) is -1.08. The Morgan fingerprint density at radius 1 is 1.53 bits per heavy atom. The molecule has 1 aliphatic rings. The molecule has 1 aromatic rings. The van der Waals surface area contributed by atoms with E-state index < -0.39 is 12.2 Å². The van der Waals surface area contributed by atoms with Gasteiger partial charge < -0.3 is 20.3 Å². The fourth-order valence-corrected chi connectivity index (χ4v) is 1.44. The van der Waals surface area contributed by atoms with Gasteiger partial charge in [0.15, 0.2) is 6.10 Å². The number of pyridine rings is 1. The van der Waals surface area contributed by atoms with Gasteiger partial charge in [-0.2, -0.15) is 4.98 Å². The fraction of sp³-hybridized carbons (Fsp3) is 0.444. The first-order valence-electron chi connectivity index (χ1n) is 4.51. The number of hydrogen-bond acceptors (Lipinski definition) is 5. The summed E-state index contributed by atoms with van der Waals surface area (Å²) in [5.41, 5.74) is 6.03. The van der Waals surface area contributed by atoms with Crippen LogP contribution in [0.4, 0.5) is 5.69 Å². The van der Waals surface area contributed by atoms with Crippen LogP contribution in [0.5, 0.6) is 5.88 Å². The molecular weight excluding hydrogens is 220 g/mol. The highest BCUT2D eigenvalue weighted by atomic mass is 35.5. The lowest BCUT2D eigenvalue weighted by atomic mass is 10.2. The first kappa shape index (κ1) is 10.5. The minimum atomic E-state index is -0.648. The molecule has 2 rings (SSSR count). The number of nitrogens with zero attached hydrogens (tertiary/aromatic N) is 1. The number of aromatic nitrogens is 1. The average Bonchev–Trinajstić information content (AvgIpc) is 2.58. The number of rotatable bonds is 2. The van der Waals surface area contributed by atoms with Gasteiger partial charge in [-0.05, 0) is 12.1 Å². The molecule has 5 nitrogen and oxygen atoms in total. The number of aliphatic hydroxyl groups is 1. The minimum Gasteiger partial charge on any atom is -0.468 e. The standard InChI is InChI=1S/C9H11ClN2O3/c10-8-2-1-5(11)9(12-8)15-7-4-14-3-6(7)13/h1-2,6-7,13H,3-4,11H2/t6-,7-/m0/s1. The number of hydrogen-bond donors (Lipinski definition) is 2. The molecule has 0 unspecified atom stereocenters. The fourth-order valence-electron chi connectivity index (χ4n) is 1.30. The van der Waals surface area contributed by atoms with Crippen LogP contribution in [0.1, 0.15) is 0 Å². The van der Waals surface area contributed by atoms with Crippen LogP contribution in [0.25, 0.3) is 0 Å². The summed E-state index contributed by atoms with van der Waals surface area (Å²) >= 11 is 5.70. The third-order valence-corrected chi connectivity index (χ3v) is 2.33. The maximum absolute atomic E-state index is 9.46. The summed E-state index contributed by atoms with van der Waals surface area (Å²) in [6, 6.07) is 3.18. The van der Waals surface area contributed by atoms with Crippen molar-refractivity contribution in [3.05, 3.63) is 17.3 Å². The molecule has 1 aromatic heterocycles. The number of nitrogen functional groups attached to an aromatic ring is 1. The van der Waals surface area contributed by atoms with Crippen LogP contribution in [-0.4, -0.2) is 35.5 Å². The molecule has 0 aliphatic carbocycles. The Morgan fingerprint density at radius 2 is 2.33 bits per heavy atom. The number of nitrogens with two attached hydrogens (primary N) is 1. The summed E-state index contributed by atoms with van der Waals surface area (Å²) in [6.45, 7) is 0.597. The first-order valence-corrected chi connectivity index (χ1v) is 4.89. The van der Waals surface area contributed by atoms with E-state index in [9.17, 15) is 5.11 Å². The SMILES string of the molecule is Nc1ccc(Cl)nc1O[C@H]1COC[C@@H]1O. The number of aliphatic hydroxyl groups excluding tert-OH is 1. The lowest BCUT2D eigenvalue weighted by molar-refractivity contribution is 0.0709. The zero-order valence-corrected chi connectivity index (χ0v) is 8.65. The van der Waals surface area contributed by atoms with E-state index in [4.69, 9.17) is 26.8 Å². The minimum absolute atomic E-state index is 0.233. The van der Waals surface area contributed by atoms with Gasteiger partial charge in [0.2, 0.25) is 5.88 Å². The molecule has 2 atom stereocenters. The van der Waals surface area contributed by atoms with E-state index in [2.05, 4.69) is 4.98 Å². The van der Waals surface area contributed by atoms with E-state index in [0.717, 1.165) is 0 Å². The highest BCUT2D eigenvalue weighted by molar-refractivity contribution is 6.29. The second-order valence-electron chi connectivity index (χ2n) is 3.29. The predicted molar refractivity (Wildman–Crippen MR) is 54.9 cm³/mol. The van der Waals surface area contributed by atoms with Gasteiger partial charge in [0, 0.05) is 0 Å². The largest absolute Gasteiger partial charge is 0.468 e. The third kappa shape index (κ3) is 2.31. The smallest absolute Gasteiger partial charge is 0.239 e. The van der Waals surface area contributed by atoms with Crippen molar-refractivity contribution in [3.63, 3.8) is 0 Å². The normalized spacial score (nSPS) is 25.5. The monoisotopic (exact) mass is 230 g/mol. The number of ether oxygens (including phenoxy) is 2. The Labute approximate surface area is 91.8 Å². The van der Waals surface area contributed by atoms with Crippen molar-refractivity contribution in [3.8, 4) is 5.88 Å². The van der Waals surface area contributed by atoms with E-state index in [0.29, 0.717) is 17.4 Å². The Hall–Kier alpha value is -1.04. The van der Waals surface area contributed by atoms with Crippen LogP contribution in [0.2, 0.25) is 5.15 Å². The highest BCUT2D eigenvalue weighted by Gasteiger charge is 2.28. The molecule has 1 saturated heterocycles. The van der Waals surface area contributed by atoms with E-state index in [1.165, 1.54) is 0 Å². The maximum atomic E-state index is 9.46. The number of anilines is 1. The van der Waals surface area contributed by atoms with Gasteiger partial charge >= 0.3 is 0 Å². The molecule has 2 heterocycles. The van der Waals surface area contributed by atoms with Crippen molar-refractivity contribution in [1.82, 2.24) is 4.98 Å². The van der Waals surface area contributed by atoms with Crippen LogP contribution >= 0.6 is 11.6 Å². The van der Waals surface area contributed by atoms with Crippen molar-refractivity contribution >= 4 is 17.3 Å². The van der Waals surface area contributed by atoms with Crippen molar-refractivity contribution in [2.75, 3.05) is 18.9 Å². The van der Waals surface area contributed by atoms with Crippen molar-refractivity contribution in [2.45, 2.75) is 12.2 Å². The van der Waals surface area contributed by atoms with Gasteiger partial charge in [0.1, 0.15) is 11.3 Å². The number of halogens is 1. The van der Waals surface area contributed by atoms with Crippen LogP contribution in [-0.2, 0) is 4.74 Å². The maximum Gasteiger partial charge on any atom is 0.239 e. The quantitative estimate of drug-likeness (QED) is 0.722. The second-order valence-corrected chi connectivity index (χ2v) is 3.68. The molecule has 0 bridgehead atoms. The molecule has 15 heavy (non-hydrogen) atoms. The van der Waals surface area contributed by atoms with E-state index in [-0.39, 0.29) is 12.5 Å². The lowest BCUT2D eigenvalue weighted by Crippen LogP contribution is -2.30. The van der Waals surface area contributed by atoms with Gasteiger partial charge in [-0.15, -0.1) is 0 Å². The topological polar surface area (TPSA) is 77.6 Å². The first-order chi connectivity index (χ1) is 7.16. The van der Waals surface area contributed by atoms with Gasteiger partial charge in [-0.1, -0.05) is 11.6 Å². The van der Waals surface area contributed by atoms with E-state index >= 15 is 0 Å². The third-order valence-electron chi connectivity index (χ3n) is 2.12. The summed E-state index contributed by atoms with van der Waals surface area (Å²) < 4.78 is 10.4. The molecule has 6 heteroatoms. The van der Waals surface area contributed by atoms with Gasteiger partial charge in [0.05, 0.1) is 18.9 Å². The lowest BCUT2D eigenvalue weighted by Gasteiger charge is -2.15. The van der Waals surface area contributed by atoms with Crippen LogP contribution < -0.4 is 10.5 Å². The van der Waals surface area contributed by atoms with E-state index in [1.807, 2.05) is 0 Å². The Morgan fingerprint density at radius 3 is 3.00 bits per heavy atom. The highest BCUT2D eigenvalue weighted by Crippen LogP contribution is 2.23. The molecule has 0 spiro atoms. The molecule has 0 saturated carbocycles. The van der Waals surface area contributed by atoms with Crippen LogP contribution in [0.3, 0.4) is 0 Å². The molecule has 3 N–H and O–H groups in total. The molecular formula is C9H11ClN2O3. The molecule has 82 valence electrons. The molecule has 1 fully saturated rings. The van der Waals surface area contributed by atoms with Gasteiger partial charge in [-0.25, -0.2) is 0 Å². The van der Waals surface area contributed by atoms with Crippen LogP contribution in [0, 0.1) is 0 Å².